The number of aryl methyl sites for hydroxylation is 1. The van der Waals surface area contributed by atoms with Gasteiger partial charge in [0.25, 0.3) is 0 Å². The van der Waals surface area contributed by atoms with Crippen LogP contribution in [0, 0.1) is 12.7 Å². The van der Waals surface area contributed by atoms with E-state index >= 15 is 0 Å². The maximum Gasteiger partial charge on any atom is 0.338 e. The number of carboxylic acid groups (broad SMARTS) is 1. The molecule has 0 aliphatic carbocycles. The zero-order valence-electron chi connectivity index (χ0n) is 11.9. The van der Waals surface area contributed by atoms with Crippen LogP contribution < -0.4 is 11.1 Å². The van der Waals surface area contributed by atoms with Gasteiger partial charge in [-0.3, -0.25) is 0 Å². The van der Waals surface area contributed by atoms with Crippen LogP contribution in [0.4, 0.5) is 15.8 Å². The van der Waals surface area contributed by atoms with E-state index in [4.69, 9.17) is 10.8 Å². The summed E-state index contributed by atoms with van der Waals surface area (Å²) in [5.74, 6) is -2.15. The summed E-state index contributed by atoms with van der Waals surface area (Å²) in [5, 5.41) is 11.9. The van der Waals surface area contributed by atoms with Crippen molar-refractivity contribution < 1.29 is 14.3 Å². The van der Waals surface area contributed by atoms with Crippen molar-refractivity contribution in [3.8, 4) is 0 Å². The molecule has 21 heavy (non-hydrogen) atoms. The number of carboxylic acids is 1. The number of carbonyl (C=O) groups is 1. The summed E-state index contributed by atoms with van der Waals surface area (Å²) in [6, 6.07) is 10.1. The number of nitrogens with two attached hydrogens (primary N) is 1. The topological polar surface area (TPSA) is 75.3 Å². The lowest BCUT2D eigenvalue weighted by molar-refractivity contribution is 0.0692. The molecule has 5 heteroatoms. The van der Waals surface area contributed by atoms with Gasteiger partial charge in [-0.2, -0.15) is 0 Å². The molecule has 0 bridgehead atoms. The molecule has 0 aliphatic rings. The van der Waals surface area contributed by atoms with Crippen molar-refractivity contribution in [2.75, 3.05) is 11.1 Å². The number of nitrogen functional groups attached to an aromatic ring is 1. The average Bonchev–Trinajstić information content (AvgIpc) is 2.42. The lowest BCUT2D eigenvalue weighted by Gasteiger charge is -2.18. The maximum atomic E-state index is 13.7. The molecule has 1 atom stereocenters. The van der Waals surface area contributed by atoms with Crippen molar-refractivity contribution in [1.29, 1.82) is 0 Å². The van der Waals surface area contributed by atoms with E-state index in [1.54, 1.807) is 0 Å². The van der Waals surface area contributed by atoms with Crippen molar-refractivity contribution >= 4 is 17.3 Å². The first kappa shape index (κ1) is 14.8. The summed E-state index contributed by atoms with van der Waals surface area (Å²) in [4.78, 5) is 10.8. The molecule has 110 valence electrons. The van der Waals surface area contributed by atoms with Crippen molar-refractivity contribution in [3.63, 3.8) is 0 Å². The highest BCUT2D eigenvalue weighted by Gasteiger charge is 2.15. The Balaban J connectivity index is 2.25. The monoisotopic (exact) mass is 288 g/mol. The molecule has 0 amide bonds. The second-order valence-corrected chi connectivity index (χ2v) is 5.00. The fourth-order valence-electron chi connectivity index (χ4n) is 2.05. The van der Waals surface area contributed by atoms with E-state index in [0.717, 1.165) is 23.3 Å². The summed E-state index contributed by atoms with van der Waals surface area (Å²) >= 11 is 0. The van der Waals surface area contributed by atoms with Gasteiger partial charge in [0.1, 0.15) is 5.82 Å². The summed E-state index contributed by atoms with van der Waals surface area (Å²) in [6.45, 7) is 3.92. The molecular weight excluding hydrogens is 271 g/mol. The normalized spacial score (nSPS) is 12.0. The zero-order chi connectivity index (χ0) is 15.6. The lowest BCUT2D eigenvalue weighted by Crippen LogP contribution is -2.10. The minimum absolute atomic E-state index is 0.0806. The van der Waals surface area contributed by atoms with Crippen LogP contribution in [0.15, 0.2) is 36.4 Å². The molecule has 0 fully saturated rings. The zero-order valence-corrected chi connectivity index (χ0v) is 11.9. The van der Waals surface area contributed by atoms with E-state index in [0.29, 0.717) is 5.69 Å². The van der Waals surface area contributed by atoms with Gasteiger partial charge in [-0.15, -0.1) is 0 Å². The number of aromatic carboxylic acids is 1. The van der Waals surface area contributed by atoms with Crippen molar-refractivity contribution in [3.05, 3.63) is 58.9 Å². The molecule has 0 aromatic heterocycles. The molecule has 0 saturated carbocycles. The molecule has 4 nitrogen and oxygen atoms in total. The Labute approximate surface area is 122 Å². The summed E-state index contributed by atoms with van der Waals surface area (Å²) in [6.07, 6.45) is 0. The van der Waals surface area contributed by atoms with Crippen LogP contribution in [-0.2, 0) is 0 Å². The van der Waals surface area contributed by atoms with Crippen molar-refractivity contribution in [1.82, 2.24) is 0 Å². The van der Waals surface area contributed by atoms with Gasteiger partial charge in [-0.1, -0.05) is 29.8 Å². The van der Waals surface area contributed by atoms with E-state index in [1.165, 1.54) is 0 Å². The molecule has 0 heterocycles. The third-order valence-electron chi connectivity index (χ3n) is 3.32. The largest absolute Gasteiger partial charge is 0.478 e. The third-order valence-corrected chi connectivity index (χ3v) is 3.32. The molecule has 2 aromatic rings. The van der Waals surface area contributed by atoms with Crippen LogP contribution in [0.1, 0.15) is 34.5 Å². The van der Waals surface area contributed by atoms with Crippen LogP contribution in [0.2, 0.25) is 0 Å². The minimum Gasteiger partial charge on any atom is -0.478 e. The van der Waals surface area contributed by atoms with Gasteiger partial charge in [0, 0.05) is 6.04 Å². The smallest absolute Gasteiger partial charge is 0.338 e. The fourth-order valence-corrected chi connectivity index (χ4v) is 2.05. The number of anilines is 2. The number of halogens is 1. The van der Waals surface area contributed by atoms with Crippen LogP contribution in [-0.4, -0.2) is 11.1 Å². The Morgan fingerprint density at radius 2 is 1.90 bits per heavy atom. The van der Waals surface area contributed by atoms with Gasteiger partial charge < -0.3 is 16.2 Å². The van der Waals surface area contributed by atoms with Crippen LogP contribution in [0.3, 0.4) is 0 Å². The van der Waals surface area contributed by atoms with Gasteiger partial charge >= 0.3 is 5.97 Å². The minimum atomic E-state index is -1.34. The van der Waals surface area contributed by atoms with E-state index in [2.05, 4.69) is 5.32 Å². The fraction of sp³-hybridized carbons (Fsp3) is 0.188. The first-order chi connectivity index (χ1) is 9.88. The average molecular weight is 288 g/mol. The SMILES string of the molecule is Cc1ccc(C(C)Nc2cc(F)c(C(=O)O)cc2N)cc1. The molecule has 0 radical (unpaired) electrons. The summed E-state index contributed by atoms with van der Waals surface area (Å²) < 4.78 is 13.7. The van der Waals surface area contributed by atoms with Crippen LogP contribution in [0.5, 0.6) is 0 Å². The van der Waals surface area contributed by atoms with E-state index in [9.17, 15) is 9.18 Å². The third kappa shape index (κ3) is 3.31. The Hall–Kier alpha value is -2.56. The first-order valence-corrected chi connectivity index (χ1v) is 6.54. The quantitative estimate of drug-likeness (QED) is 0.752. The Kier molecular flexibility index (Phi) is 4.12. The number of benzene rings is 2. The Bertz CT molecular complexity index is 669. The lowest BCUT2D eigenvalue weighted by atomic mass is 10.1. The highest BCUT2D eigenvalue weighted by molar-refractivity contribution is 5.90. The highest BCUT2D eigenvalue weighted by atomic mass is 19.1. The molecule has 4 N–H and O–H groups in total. The Morgan fingerprint density at radius 3 is 2.48 bits per heavy atom. The summed E-state index contributed by atoms with van der Waals surface area (Å²) in [5.41, 5.74) is 8.12. The van der Waals surface area contributed by atoms with E-state index < -0.39 is 17.3 Å². The molecule has 2 rings (SSSR count). The van der Waals surface area contributed by atoms with Crippen molar-refractivity contribution in [2.24, 2.45) is 0 Å². The summed E-state index contributed by atoms with van der Waals surface area (Å²) in [7, 11) is 0. The molecule has 0 spiro atoms. The molecule has 1 unspecified atom stereocenters. The molecule has 0 saturated heterocycles. The van der Waals surface area contributed by atoms with Crippen LogP contribution >= 0.6 is 0 Å². The van der Waals surface area contributed by atoms with Gasteiger partial charge in [0.2, 0.25) is 0 Å². The molecule has 0 aliphatic heterocycles. The molecule has 2 aromatic carbocycles. The van der Waals surface area contributed by atoms with Gasteiger partial charge in [0.05, 0.1) is 16.9 Å². The second kappa shape index (κ2) is 5.83. The Morgan fingerprint density at radius 1 is 1.29 bits per heavy atom. The second-order valence-electron chi connectivity index (χ2n) is 5.00. The predicted molar refractivity (Wildman–Crippen MR) is 81.0 cm³/mol. The van der Waals surface area contributed by atoms with Gasteiger partial charge in [0.15, 0.2) is 0 Å². The number of rotatable bonds is 4. The first-order valence-electron chi connectivity index (χ1n) is 6.54. The predicted octanol–water partition coefficient (Wildman–Crippen LogP) is 3.59. The molecular formula is C16H17FN2O2. The van der Waals surface area contributed by atoms with Gasteiger partial charge in [-0.05, 0) is 31.5 Å². The maximum absolute atomic E-state index is 13.7. The van der Waals surface area contributed by atoms with E-state index in [1.807, 2.05) is 38.1 Å². The van der Waals surface area contributed by atoms with Crippen molar-refractivity contribution in [2.45, 2.75) is 19.9 Å². The van der Waals surface area contributed by atoms with Gasteiger partial charge in [-0.25, -0.2) is 9.18 Å². The number of hydrogen-bond donors (Lipinski definition) is 3. The number of hydrogen-bond acceptors (Lipinski definition) is 3. The number of nitrogens with one attached hydrogen (secondary N) is 1. The highest BCUT2D eigenvalue weighted by Crippen LogP contribution is 2.27. The van der Waals surface area contributed by atoms with Crippen LogP contribution in [0.25, 0.3) is 0 Å². The van der Waals surface area contributed by atoms with E-state index in [-0.39, 0.29) is 11.7 Å². The standard InChI is InChI=1S/C16H17FN2O2/c1-9-3-5-11(6-4-9)10(2)19-15-8-13(17)12(16(20)21)7-14(15)18/h3-8,10,19H,18H2,1-2H3,(H,20,21).